The van der Waals surface area contributed by atoms with Crippen molar-refractivity contribution in [2.45, 2.75) is 26.3 Å². The van der Waals surface area contributed by atoms with Gasteiger partial charge in [-0.2, -0.15) is 0 Å². The van der Waals surface area contributed by atoms with E-state index in [4.69, 9.17) is 0 Å². The maximum absolute atomic E-state index is 10.4. The third kappa shape index (κ3) is 3.23. The lowest BCUT2D eigenvalue weighted by Gasteiger charge is -2.21. The van der Waals surface area contributed by atoms with Gasteiger partial charge in [-0.25, -0.2) is 4.98 Å². The molecule has 70 valence electrons. The lowest BCUT2D eigenvalue weighted by Crippen LogP contribution is -2.26. The van der Waals surface area contributed by atoms with Gasteiger partial charge in [0.15, 0.2) is 6.29 Å². The van der Waals surface area contributed by atoms with Crippen molar-refractivity contribution in [1.29, 1.82) is 0 Å². The molecule has 1 aromatic rings. The highest BCUT2D eigenvalue weighted by Crippen LogP contribution is 2.11. The SMILES string of the molecule is CC(C)(C)Nc1cccc(C=O)n1. The van der Waals surface area contributed by atoms with Crippen LogP contribution in [0.15, 0.2) is 18.2 Å². The summed E-state index contributed by atoms with van der Waals surface area (Å²) in [6, 6.07) is 5.34. The number of rotatable bonds is 2. The van der Waals surface area contributed by atoms with Crippen molar-refractivity contribution in [3.63, 3.8) is 0 Å². The van der Waals surface area contributed by atoms with Crippen LogP contribution in [0.1, 0.15) is 31.3 Å². The van der Waals surface area contributed by atoms with E-state index in [9.17, 15) is 4.79 Å². The molecule has 1 N–H and O–H groups in total. The highest BCUT2D eigenvalue weighted by Gasteiger charge is 2.09. The molecule has 0 saturated carbocycles. The zero-order valence-corrected chi connectivity index (χ0v) is 8.16. The Hall–Kier alpha value is -1.38. The molecule has 0 atom stereocenters. The number of nitrogens with zero attached hydrogens (tertiary/aromatic N) is 1. The minimum absolute atomic E-state index is 0.0332. The maximum Gasteiger partial charge on any atom is 0.168 e. The summed E-state index contributed by atoms with van der Waals surface area (Å²) in [5, 5.41) is 3.19. The number of anilines is 1. The Labute approximate surface area is 78.2 Å². The van der Waals surface area contributed by atoms with Crippen molar-refractivity contribution in [1.82, 2.24) is 4.98 Å². The minimum Gasteiger partial charge on any atom is -0.365 e. The van der Waals surface area contributed by atoms with Crippen LogP contribution in [0, 0.1) is 0 Å². The number of nitrogens with one attached hydrogen (secondary N) is 1. The normalized spacial score (nSPS) is 11.0. The summed E-state index contributed by atoms with van der Waals surface area (Å²) >= 11 is 0. The zero-order chi connectivity index (χ0) is 9.90. The summed E-state index contributed by atoms with van der Waals surface area (Å²) in [5.41, 5.74) is 0.420. The van der Waals surface area contributed by atoms with Crippen molar-refractivity contribution in [2.75, 3.05) is 5.32 Å². The van der Waals surface area contributed by atoms with Crippen LogP contribution in [0.3, 0.4) is 0 Å². The van der Waals surface area contributed by atoms with Crippen LogP contribution >= 0.6 is 0 Å². The van der Waals surface area contributed by atoms with Gasteiger partial charge in [0, 0.05) is 5.54 Å². The molecule has 0 spiro atoms. The molecule has 0 aromatic carbocycles. The summed E-state index contributed by atoms with van der Waals surface area (Å²) in [7, 11) is 0. The molecule has 1 rings (SSSR count). The first-order valence-electron chi connectivity index (χ1n) is 4.22. The average molecular weight is 178 g/mol. The largest absolute Gasteiger partial charge is 0.365 e. The number of aldehydes is 1. The first-order valence-corrected chi connectivity index (χ1v) is 4.22. The van der Waals surface area contributed by atoms with Gasteiger partial charge in [-0.1, -0.05) is 6.07 Å². The third-order valence-electron chi connectivity index (χ3n) is 1.39. The maximum atomic E-state index is 10.4. The Morgan fingerprint density at radius 3 is 2.62 bits per heavy atom. The van der Waals surface area contributed by atoms with E-state index in [2.05, 4.69) is 10.3 Å². The predicted molar refractivity (Wildman–Crippen MR) is 53.0 cm³/mol. The van der Waals surface area contributed by atoms with Crippen molar-refractivity contribution >= 4 is 12.1 Å². The fourth-order valence-electron chi connectivity index (χ4n) is 0.971. The number of hydrogen-bond donors (Lipinski definition) is 1. The standard InChI is InChI=1S/C10H14N2O/c1-10(2,3)12-9-6-4-5-8(7-13)11-9/h4-7H,1-3H3,(H,11,12). The first-order chi connectivity index (χ1) is 6.01. The molecule has 3 heteroatoms. The summed E-state index contributed by atoms with van der Waals surface area (Å²) in [4.78, 5) is 14.5. The van der Waals surface area contributed by atoms with Crippen molar-refractivity contribution < 1.29 is 4.79 Å². The van der Waals surface area contributed by atoms with Crippen LogP contribution in [-0.4, -0.2) is 16.8 Å². The second-order valence-corrected chi connectivity index (χ2v) is 3.94. The fraction of sp³-hybridized carbons (Fsp3) is 0.400. The Morgan fingerprint density at radius 1 is 1.38 bits per heavy atom. The van der Waals surface area contributed by atoms with Crippen molar-refractivity contribution in [3.05, 3.63) is 23.9 Å². The Bertz CT molecular complexity index is 302. The van der Waals surface area contributed by atoms with E-state index in [0.717, 1.165) is 12.1 Å². The smallest absolute Gasteiger partial charge is 0.168 e. The molecule has 0 aliphatic carbocycles. The van der Waals surface area contributed by atoms with E-state index in [1.165, 1.54) is 0 Å². The van der Waals surface area contributed by atoms with Gasteiger partial charge < -0.3 is 5.32 Å². The van der Waals surface area contributed by atoms with E-state index in [1.807, 2.05) is 32.9 Å². The summed E-state index contributed by atoms with van der Waals surface area (Å²) in [6.45, 7) is 6.13. The highest BCUT2D eigenvalue weighted by atomic mass is 16.1. The van der Waals surface area contributed by atoms with Gasteiger partial charge in [-0.05, 0) is 32.9 Å². The van der Waals surface area contributed by atoms with Crippen LogP contribution in [0.25, 0.3) is 0 Å². The summed E-state index contributed by atoms with van der Waals surface area (Å²) in [5.74, 6) is 0.733. The molecule has 0 radical (unpaired) electrons. The molecule has 3 nitrogen and oxygen atoms in total. The van der Waals surface area contributed by atoms with E-state index in [-0.39, 0.29) is 5.54 Å². The van der Waals surface area contributed by atoms with Crippen LogP contribution in [0.2, 0.25) is 0 Å². The van der Waals surface area contributed by atoms with Gasteiger partial charge >= 0.3 is 0 Å². The van der Waals surface area contributed by atoms with Gasteiger partial charge in [0.2, 0.25) is 0 Å². The first kappa shape index (κ1) is 9.71. The Morgan fingerprint density at radius 2 is 2.08 bits per heavy atom. The van der Waals surface area contributed by atoms with E-state index >= 15 is 0 Å². The number of pyridine rings is 1. The third-order valence-corrected chi connectivity index (χ3v) is 1.39. The van der Waals surface area contributed by atoms with Crippen molar-refractivity contribution in [3.8, 4) is 0 Å². The number of carbonyl (C=O) groups excluding carboxylic acids is 1. The molecular formula is C10H14N2O. The monoisotopic (exact) mass is 178 g/mol. The topological polar surface area (TPSA) is 42.0 Å². The predicted octanol–water partition coefficient (Wildman–Crippen LogP) is 2.10. The molecule has 0 aliphatic rings. The molecule has 0 bridgehead atoms. The van der Waals surface area contributed by atoms with Crippen LogP contribution in [0.4, 0.5) is 5.82 Å². The highest BCUT2D eigenvalue weighted by molar-refractivity contribution is 5.72. The quantitative estimate of drug-likeness (QED) is 0.705. The van der Waals surface area contributed by atoms with Crippen molar-refractivity contribution in [2.24, 2.45) is 0 Å². The van der Waals surface area contributed by atoms with Gasteiger partial charge in [0.05, 0.1) is 0 Å². The molecule has 0 amide bonds. The molecule has 0 fully saturated rings. The molecule has 0 aliphatic heterocycles. The van der Waals surface area contributed by atoms with Gasteiger partial charge in [0.1, 0.15) is 11.5 Å². The molecular weight excluding hydrogens is 164 g/mol. The lowest BCUT2D eigenvalue weighted by atomic mass is 10.1. The average Bonchev–Trinajstić information content (AvgIpc) is 2.01. The van der Waals surface area contributed by atoms with E-state index in [0.29, 0.717) is 5.69 Å². The molecule has 1 heterocycles. The van der Waals surface area contributed by atoms with Gasteiger partial charge in [0.25, 0.3) is 0 Å². The molecule has 13 heavy (non-hydrogen) atoms. The zero-order valence-electron chi connectivity index (χ0n) is 8.16. The molecule has 0 unspecified atom stereocenters. The second-order valence-electron chi connectivity index (χ2n) is 3.94. The summed E-state index contributed by atoms with van der Waals surface area (Å²) in [6.07, 6.45) is 0.744. The number of carbonyl (C=O) groups is 1. The number of hydrogen-bond acceptors (Lipinski definition) is 3. The second kappa shape index (κ2) is 3.56. The van der Waals surface area contributed by atoms with Gasteiger partial charge in [-0.3, -0.25) is 4.79 Å². The van der Waals surface area contributed by atoms with E-state index < -0.39 is 0 Å². The van der Waals surface area contributed by atoms with Crippen LogP contribution < -0.4 is 5.32 Å². The van der Waals surface area contributed by atoms with Gasteiger partial charge in [-0.15, -0.1) is 0 Å². The Kier molecular flexibility index (Phi) is 2.66. The Balaban J connectivity index is 2.84. The minimum atomic E-state index is -0.0332. The molecule has 1 aromatic heterocycles. The van der Waals surface area contributed by atoms with Crippen LogP contribution in [0.5, 0.6) is 0 Å². The molecule has 0 saturated heterocycles. The summed E-state index contributed by atoms with van der Waals surface area (Å²) < 4.78 is 0. The fourth-order valence-corrected chi connectivity index (χ4v) is 0.971. The van der Waals surface area contributed by atoms with Crippen LogP contribution in [-0.2, 0) is 0 Å². The number of aromatic nitrogens is 1. The van der Waals surface area contributed by atoms with E-state index in [1.54, 1.807) is 6.07 Å². The lowest BCUT2D eigenvalue weighted by molar-refractivity contribution is 0.111.